The molecule has 0 saturated carbocycles. The lowest BCUT2D eigenvalue weighted by molar-refractivity contribution is 0.102. The van der Waals surface area contributed by atoms with E-state index in [9.17, 15) is 13.6 Å². The Labute approximate surface area is 187 Å². The van der Waals surface area contributed by atoms with Crippen LogP contribution < -0.4 is 5.32 Å². The third-order valence-corrected chi connectivity index (χ3v) is 5.24. The van der Waals surface area contributed by atoms with Crippen molar-refractivity contribution in [1.29, 1.82) is 0 Å². The van der Waals surface area contributed by atoms with Gasteiger partial charge in [0.2, 0.25) is 0 Å². The van der Waals surface area contributed by atoms with Crippen molar-refractivity contribution < 1.29 is 13.6 Å². The number of carbonyl (C=O) groups excluding carboxylic acids is 1. The van der Waals surface area contributed by atoms with Crippen molar-refractivity contribution >= 4 is 17.1 Å². The summed E-state index contributed by atoms with van der Waals surface area (Å²) >= 11 is 0. The summed E-state index contributed by atoms with van der Waals surface area (Å²) in [5.41, 5.74) is 2.28. The molecular weight excluding hydrogens is 426 g/mol. The van der Waals surface area contributed by atoms with Crippen molar-refractivity contribution in [2.45, 2.75) is 13.5 Å². The second-order valence-corrected chi connectivity index (χ2v) is 7.47. The van der Waals surface area contributed by atoms with Crippen molar-refractivity contribution in [3.8, 4) is 11.5 Å². The van der Waals surface area contributed by atoms with E-state index < -0.39 is 11.6 Å². The molecule has 0 saturated heterocycles. The average molecular weight is 444 g/mol. The van der Waals surface area contributed by atoms with Crippen LogP contribution in [-0.2, 0) is 6.54 Å². The smallest absolute Gasteiger partial charge is 0.276 e. The van der Waals surface area contributed by atoms with E-state index in [1.54, 1.807) is 58.9 Å². The predicted molar refractivity (Wildman–Crippen MR) is 119 cm³/mol. The molecule has 7 nitrogen and oxygen atoms in total. The number of hydrogen-bond acceptors (Lipinski definition) is 4. The third-order valence-electron chi connectivity index (χ3n) is 5.24. The van der Waals surface area contributed by atoms with E-state index in [2.05, 4.69) is 20.3 Å². The van der Waals surface area contributed by atoms with Gasteiger partial charge in [0.1, 0.15) is 23.2 Å². The van der Waals surface area contributed by atoms with Crippen LogP contribution in [0.2, 0.25) is 0 Å². The highest BCUT2D eigenvalue weighted by Crippen LogP contribution is 2.24. The number of anilines is 1. The summed E-state index contributed by atoms with van der Waals surface area (Å²) in [6, 6.07) is 12.4. The Morgan fingerprint density at radius 1 is 1.09 bits per heavy atom. The summed E-state index contributed by atoms with van der Waals surface area (Å²) in [6.07, 6.45) is 6.71. The van der Waals surface area contributed by atoms with Gasteiger partial charge in [-0.3, -0.25) is 14.2 Å². The van der Waals surface area contributed by atoms with Crippen LogP contribution in [0.15, 0.2) is 73.3 Å². The Hall–Kier alpha value is -4.40. The summed E-state index contributed by atoms with van der Waals surface area (Å²) in [6.45, 7) is 1.97. The number of pyridine rings is 2. The first-order chi connectivity index (χ1) is 16.0. The minimum Gasteiger partial charge on any atom is -0.330 e. The molecular formula is C24H18F2N6O. The summed E-state index contributed by atoms with van der Waals surface area (Å²) in [7, 11) is 0. The highest BCUT2D eigenvalue weighted by atomic mass is 19.1. The highest BCUT2D eigenvalue weighted by molar-refractivity contribution is 6.08. The molecule has 1 amide bonds. The molecule has 0 spiro atoms. The van der Waals surface area contributed by atoms with Gasteiger partial charge in [-0.05, 0) is 37.3 Å². The molecule has 0 unspecified atom stereocenters. The minimum atomic E-state index is -0.625. The van der Waals surface area contributed by atoms with Gasteiger partial charge in [0, 0.05) is 30.2 Å². The second-order valence-electron chi connectivity index (χ2n) is 7.47. The summed E-state index contributed by atoms with van der Waals surface area (Å²) in [5, 5.41) is 2.80. The number of benzene rings is 1. The zero-order valence-electron chi connectivity index (χ0n) is 17.5. The van der Waals surface area contributed by atoms with E-state index in [4.69, 9.17) is 0 Å². The maximum Gasteiger partial charge on any atom is 0.276 e. The number of aryl methyl sites for hydroxylation is 1. The Bertz CT molecular complexity index is 1480. The topological polar surface area (TPSA) is 77.1 Å². The summed E-state index contributed by atoms with van der Waals surface area (Å²) in [5.74, 6) is -0.515. The molecule has 0 aliphatic carbocycles. The molecule has 0 fully saturated rings. The van der Waals surface area contributed by atoms with Crippen molar-refractivity contribution in [1.82, 2.24) is 23.9 Å². The van der Waals surface area contributed by atoms with E-state index in [0.717, 1.165) is 6.07 Å². The maximum atomic E-state index is 14.1. The lowest BCUT2D eigenvalue weighted by Crippen LogP contribution is -2.12. The van der Waals surface area contributed by atoms with Crippen LogP contribution in [0.3, 0.4) is 0 Å². The monoisotopic (exact) mass is 444 g/mol. The van der Waals surface area contributed by atoms with Crippen molar-refractivity contribution in [3.63, 3.8) is 0 Å². The quantitative estimate of drug-likeness (QED) is 0.434. The normalized spacial score (nSPS) is 11.1. The summed E-state index contributed by atoms with van der Waals surface area (Å²) < 4.78 is 30.9. The van der Waals surface area contributed by atoms with Gasteiger partial charge in [0.05, 0.1) is 23.9 Å². The number of fused-ring (bicyclic) bond motifs is 1. The molecule has 5 rings (SSSR count). The number of rotatable bonds is 5. The second kappa shape index (κ2) is 8.27. The van der Waals surface area contributed by atoms with Gasteiger partial charge in [0.15, 0.2) is 11.5 Å². The van der Waals surface area contributed by atoms with E-state index in [0.29, 0.717) is 34.1 Å². The van der Waals surface area contributed by atoms with E-state index in [1.807, 2.05) is 12.1 Å². The van der Waals surface area contributed by atoms with Crippen molar-refractivity contribution in [2.24, 2.45) is 0 Å². The Morgan fingerprint density at radius 2 is 1.97 bits per heavy atom. The Morgan fingerprint density at radius 3 is 2.76 bits per heavy atom. The van der Waals surface area contributed by atoms with Gasteiger partial charge in [0.25, 0.3) is 5.91 Å². The maximum absolute atomic E-state index is 14.1. The molecule has 33 heavy (non-hydrogen) atoms. The fraction of sp³-hybridized carbons (Fsp3) is 0.0833. The molecule has 164 valence electrons. The number of nitrogens with zero attached hydrogens (tertiary/aromatic N) is 5. The van der Waals surface area contributed by atoms with E-state index >= 15 is 0 Å². The number of aromatic nitrogens is 5. The van der Waals surface area contributed by atoms with Gasteiger partial charge in [-0.2, -0.15) is 0 Å². The minimum absolute atomic E-state index is 0.183. The largest absolute Gasteiger partial charge is 0.330 e. The molecule has 1 aromatic carbocycles. The summed E-state index contributed by atoms with van der Waals surface area (Å²) in [4.78, 5) is 26.1. The number of carbonyl (C=O) groups is 1. The Balaban J connectivity index is 1.52. The van der Waals surface area contributed by atoms with Crippen LogP contribution in [-0.4, -0.2) is 29.8 Å². The van der Waals surface area contributed by atoms with Crippen LogP contribution in [0.5, 0.6) is 0 Å². The van der Waals surface area contributed by atoms with Crippen LogP contribution in [0.1, 0.15) is 21.9 Å². The van der Waals surface area contributed by atoms with E-state index in [1.165, 1.54) is 12.1 Å². The highest BCUT2D eigenvalue weighted by Gasteiger charge is 2.21. The molecule has 0 aliphatic rings. The first kappa shape index (κ1) is 20.5. The van der Waals surface area contributed by atoms with Crippen LogP contribution in [0, 0.1) is 18.6 Å². The lowest BCUT2D eigenvalue weighted by atomic mass is 10.2. The van der Waals surface area contributed by atoms with Crippen molar-refractivity contribution in [3.05, 3.63) is 102 Å². The van der Waals surface area contributed by atoms with Gasteiger partial charge < -0.3 is 9.88 Å². The molecule has 4 aromatic heterocycles. The third kappa shape index (κ3) is 3.96. The van der Waals surface area contributed by atoms with Gasteiger partial charge in [-0.15, -0.1) is 0 Å². The molecule has 0 atom stereocenters. The van der Waals surface area contributed by atoms with Gasteiger partial charge >= 0.3 is 0 Å². The lowest BCUT2D eigenvalue weighted by Gasteiger charge is -2.06. The first-order valence-corrected chi connectivity index (χ1v) is 10.2. The number of imidazole rings is 2. The van der Waals surface area contributed by atoms with Crippen LogP contribution >= 0.6 is 0 Å². The number of hydrogen-bond donors (Lipinski definition) is 1. The molecule has 0 aliphatic heterocycles. The predicted octanol–water partition coefficient (Wildman–Crippen LogP) is 4.48. The first-order valence-electron chi connectivity index (χ1n) is 10.2. The zero-order chi connectivity index (χ0) is 22.9. The average Bonchev–Trinajstić information content (AvgIpc) is 3.37. The number of nitrogens with one attached hydrogen (secondary N) is 1. The van der Waals surface area contributed by atoms with Crippen LogP contribution in [0.25, 0.3) is 17.0 Å². The molecule has 0 bridgehead atoms. The van der Waals surface area contributed by atoms with Gasteiger partial charge in [-0.25, -0.2) is 18.7 Å². The number of halogens is 2. The molecule has 4 heterocycles. The fourth-order valence-corrected chi connectivity index (χ4v) is 3.62. The van der Waals surface area contributed by atoms with Crippen molar-refractivity contribution in [2.75, 3.05) is 5.32 Å². The standard InChI is InChI=1S/C24H18F2N6O/c1-15-28-20(14-31(15)13-16-7-8-17(25)11-19(16)26)23-30-22(21-6-2-3-10-32(21)23)24(33)29-18-5-4-9-27-12-18/h2-12,14H,13H2,1H3,(H,29,33). The molecule has 1 N–H and O–H groups in total. The van der Waals surface area contributed by atoms with Crippen LogP contribution in [0.4, 0.5) is 14.5 Å². The number of amides is 1. The molecule has 0 radical (unpaired) electrons. The molecule has 5 aromatic rings. The van der Waals surface area contributed by atoms with E-state index in [-0.39, 0.29) is 18.1 Å². The fourth-order valence-electron chi connectivity index (χ4n) is 3.62. The van der Waals surface area contributed by atoms with Gasteiger partial charge in [-0.1, -0.05) is 12.1 Å². The Kier molecular flexibility index (Phi) is 5.14. The zero-order valence-corrected chi connectivity index (χ0v) is 17.5. The SMILES string of the molecule is Cc1nc(-c2nc(C(=O)Nc3cccnc3)c3ccccn23)cn1Cc1ccc(F)cc1F. The molecule has 9 heteroatoms.